The first-order chi connectivity index (χ1) is 15.0. The summed E-state index contributed by atoms with van der Waals surface area (Å²) in [4.78, 5) is 44.5. The molecule has 1 saturated carbocycles. The molecule has 0 bridgehead atoms. The number of pyridine rings is 1. The molecule has 1 aliphatic carbocycles. The van der Waals surface area contributed by atoms with Crippen LogP contribution in [0, 0.1) is 0 Å². The lowest BCUT2D eigenvalue weighted by molar-refractivity contribution is -0.143. The Morgan fingerprint density at radius 2 is 1.55 bits per heavy atom. The van der Waals surface area contributed by atoms with E-state index in [1.54, 1.807) is 46.3 Å². The Hall–Kier alpha value is -3.45. The summed E-state index contributed by atoms with van der Waals surface area (Å²) in [7, 11) is 0. The highest BCUT2D eigenvalue weighted by Gasteiger charge is 2.50. The molecule has 2 heterocycles. The van der Waals surface area contributed by atoms with E-state index >= 15 is 0 Å². The highest BCUT2D eigenvalue weighted by Crippen LogP contribution is 2.37. The van der Waals surface area contributed by atoms with Crippen molar-refractivity contribution in [2.24, 2.45) is 0 Å². The summed E-state index contributed by atoms with van der Waals surface area (Å²) < 4.78 is 0. The maximum Gasteiger partial charge on any atom is 0.254 e. The van der Waals surface area contributed by atoms with Crippen LogP contribution in [-0.4, -0.2) is 63.5 Å². The molecule has 0 atom stereocenters. The van der Waals surface area contributed by atoms with Crippen molar-refractivity contribution in [3.8, 4) is 11.1 Å². The van der Waals surface area contributed by atoms with Crippen LogP contribution in [0.5, 0.6) is 0 Å². The third-order valence-corrected chi connectivity index (χ3v) is 6.21. The molecule has 7 nitrogen and oxygen atoms in total. The van der Waals surface area contributed by atoms with E-state index in [0.717, 1.165) is 11.1 Å². The van der Waals surface area contributed by atoms with Gasteiger partial charge in [-0.3, -0.25) is 14.4 Å². The predicted octanol–water partition coefficient (Wildman–Crippen LogP) is 2.00. The molecule has 31 heavy (non-hydrogen) atoms. The first-order valence-electron chi connectivity index (χ1n) is 10.5. The van der Waals surface area contributed by atoms with Gasteiger partial charge in [0.15, 0.2) is 5.43 Å². The van der Waals surface area contributed by atoms with Crippen molar-refractivity contribution in [3.63, 3.8) is 0 Å². The van der Waals surface area contributed by atoms with Gasteiger partial charge in [0.1, 0.15) is 5.60 Å². The second kappa shape index (κ2) is 7.35. The van der Waals surface area contributed by atoms with Crippen molar-refractivity contribution in [3.05, 3.63) is 70.5 Å². The summed E-state index contributed by atoms with van der Waals surface area (Å²) in [5.74, 6) is -0.319. The maximum absolute atomic E-state index is 12.9. The molecule has 2 aliphatic rings. The number of piperazine rings is 1. The van der Waals surface area contributed by atoms with Gasteiger partial charge < -0.3 is 19.9 Å². The van der Waals surface area contributed by atoms with Crippen molar-refractivity contribution in [2.75, 3.05) is 26.2 Å². The molecule has 0 unspecified atom stereocenters. The van der Waals surface area contributed by atoms with Gasteiger partial charge in [0.25, 0.3) is 11.8 Å². The number of aliphatic hydroxyl groups is 1. The topological polar surface area (TPSA) is 93.7 Å². The summed E-state index contributed by atoms with van der Waals surface area (Å²) in [6.07, 6.45) is 2.75. The van der Waals surface area contributed by atoms with E-state index in [2.05, 4.69) is 4.98 Å². The molecular weight excluding hydrogens is 394 g/mol. The van der Waals surface area contributed by atoms with Gasteiger partial charge in [0, 0.05) is 54.4 Å². The average Bonchev–Trinajstić information content (AvgIpc) is 3.57. The largest absolute Gasteiger partial charge is 0.380 e. The molecular formula is C24H23N3O4. The molecule has 2 N–H and O–H groups in total. The van der Waals surface area contributed by atoms with Gasteiger partial charge in [0.2, 0.25) is 0 Å². The number of nitrogens with one attached hydrogen (secondary N) is 1. The first-order valence-corrected chi connectivity index (χ1v) is 10.5. The predicted molar refractivity (Wildman–Crippen MR) is 117 cm³/mol. The molecule has 5 rings (SSSR count). The number of hydrogen-bond donors (Lipinski definition) is 2. The number of H-pyrrole nitrogens is 1. The van der Waals surface area contributed by atoms with Crippen LogP contribution in [0.1, 0.15) is 23.2 Å². The standard InChI is InChI=1S/C24H23N3O4/c28-21-18-3-1-2-4-20(18)25-15-19(21)16-5-7-17(8-6-16)22(29)26-11-13-27(14-12-26)23(30)24(31)9-10-24/h1-8,15,31H,9-14H2,(H,25,28). The monoisotopic (exact) mass is 417 g/mol. The number of amides is 2. The highest BCUT2D eigenvalue weighted by molar-refractivity contribution is 5.95. The van der Waals surface area contributed by atoms with E-state index in [1.807, 2.05) is 18.2 Å². The zero-order valence-electron chi connectivity index (χ0n) is 17.0. The van der Waals surface area contributed by atoms with Crippen molar-refractivity contribution < 1.29 is 14.7 Å². The molecule has 2 aromatic carbocycles. The van der Waals surface area contributed by atoms with Crippen molar-refractivity contribution in [2.45, 2.75) is 18.4 Å². The normalized spacial score (nSPS) is 17.6. The van der Waals surface area contributed by atoms with Crippen LogP contribution in [0.15, 0.2) is 59.5 Å². The van der Waals surface area contributed by atoms with Gasteiger partial charge in [-0.05, 0) is 42.7 Å². The number of nitrogens with zero attached hydrogens (tertiary/aromatic N) is 2. The average molecular weight is 417 g/mol. The number of rotatable bonds is 3. The first kappa shape index (κ1) is 19.5. The molecule has 7 heteroatoms. The number of benzene rings is 2. The smallest absolute Gasteiger partial charge is 0.254 e. The highest BCUT2D eigenvalue weighted by atomic mass is 16.3. The minimum absolute atomic E-state index is 0.0495. The van der Waals surface area contributed by atoms with Crippen LogP contribution in [0.2, 0.25) is 0 Å². The summed E-state index contributed by atoms with van der Waals surface area (Å²) >= 11 is 0. The summed E-state index contributed by atoms with van der Waals surface area (Å²) in [6.45, 7) is 1.73. The van der Waals surface area contributed by atoms with E-state index < -0.39 is 5.60 Å². The van der Waals surface area contributed by atoms with E-state index in [0.29, 0.717) is 55.5 Å². The van der Waals surface area contributed by atoms with E-state index in [9.17, 15) is 19.5 Å². The van der Waals surface area contributed by atoms with Gasteiger partial charge in [-0.25, -0.2) is 0 Å². The van der Waals surface area contributed by atoms with Crippen LogP contribution in [0.25, 0.3) is 22.0 Å². The van der Waals surface area contributed by atoms with E-state index in [4.69, 9.17) is 0 Å². The van der Waals surface area contributed by atoms with Crippen molar-refractivity contribution >= 4 is 22.7 Å². The summed E-state index contributed by atoms with van der Waals surface area (Å²) in [6, 6.07) is 14.4. The lowest BCUT2D eigenvalue weighted by atomic mass is 10.0. The molecule has 3 aromatic rings. The Kier molecular flexibility index (Phi) is 4.63. The number of hydrogen-bond acceptors (Lipinski definition) is 4. The SMILES string of the molecule is O=C(c1ccc(-c2c[nH]c3ccccc3c2=O)cc1)N1CCN(C(=O)C2(O)CC2)CC1. The number of para-hydroxylation sites is 1. The van der Waals surface area contributed by atoms with Gasteiger partial charge >= 0.3 is 0 Å². The van der Waals surface area contributed by atoms with Gasteiger partial charge in [0.05, 0.1) is 0 Å². The van der Waals surface area contributed by atoms with Crippen LogP contribution in [-0.2, 0) is 4.79 Å². The second-order valence-electron chi connectivity index (χ2n) is 8.27. The molecule has 1 aliphatic heterocycles. The molecule has 0 spiro atoms. The second-order valence-corrected chi connectivity index (χ2v) is 8.27. The molecule has 2 fully saturated rings. The zero-order valence-corrected chi connectivity index (χ0v) is 17.0. The van der Waals surface area contributed by atoms with Crippen LogP contribution >= 0.6 is 0 Å². The molecule has 1 saturated heterocycles. The number of fused-ring (bicyclic) bond motifs is 1. The third kappa shape index (κ3) is 3.51. The molecule has 158 valence electrons. The lowest BCUT2D eigenvalue weighted by Crippen LogP contribution is -2.53. The summed E-state index contributed by atoms with van der Waals surface area (Å²) in [5, 5.41) is 10.6. The van der Waals surface area contributed by atoms with Gasteiger partial charge in [-0.1, -0.05) is 24.3 Å². The number of aromatic amines is 1. The number of aromatic nitrogens is 1. The van der Waals surface area contributed by atoms with Crippen LogP contribution in [0.4, 0.5) is 0 Å². The van der Waals surface area contributed by atoms with Gasteiger partial charge in [-0.15, -0.1) is 0 Å². The third-order valence-electron chi connectivity index (χ3n) is 6.21. The fourth-order valence-corrected chi connectivity index (χ4v) is 4.10. The Bertz CT molecular complexity index is 1220. The maximum atomic E-state index is 12.9. The minimum Gasteiger partial charge on any atom is -0.380 e. The zero-order chi connectivity index (χ0) is 21.6. The number of carbonyl (C=O) groups excluding carboxylic acids is 2. The Labute approximate surface area is 178 Å². The molecule has 1 aromatic heterocycles. The minimum atomic E-state index is -1.16. The summed E-state index contributed by atoms with van der Waals surface area (Å²) in [5.41, 5.74) is 1.42. The van der Waals surface area contributed by atoms with E-state index in [1.165, 1.54) is 0 Å². The van der Waals surface area contributed by atoms with Crippen molar-refractivity contribution in [1.82, 2.24) is 14.8 Å². The number of carbonyl (C=O) groups is 2. The molecule has 0 radical (unpaired) electrons. The van der Waals surface area contributed by atoms with Crippen LogP contribution in [0.3, 0.4) is 0 Å². The Morgan fingerprint density at radius 3 is 2.23 bits per heavy atom. The molecule has 2 amide bonds. The Balaban J connectivity index is 1.29. The Morgan fingerprint density at radius 1 is 0.903 bits per heavy atom. The van der Waals surface area contributed by atoms with Crippen LogP contribution < -0.4 is 5.43 Å². The van der Waals surface area contributed by atoms with Gasteiger partial charge in [-0.2, -0.15) is 0 Å². The fraction of sp³-hybridized carbons (Fsp3) is 0.292. The van der Waals surface area contributed by atoms with E-state index in [-0.39, 0.29) is 17.2 Å². The van der Waals surface area contributed by atoms with Crippen molar-refractivity contribution in [1.29, 1.82) is 0 Å². The quantitative estimate of drug-likeness (QED) is 0.682. The fourth-order valence-electron chi connectivity index (χ4n) is 4.10. The lowest BCUT2D eigenvalue weighted by Gasteiger charge is -2.35.